The Hall–Kier alpha value is -2.86. The molecule has 5 aliphatic rings. The standard InChI is InChI=1S/C29H34N2O4/c1-34-24-8-7-23(28(33)31-9-11-35-12-10-31)26(30-27(32)22-5-3-2-4-6-22)25(24)29-16-19-13-20(17-29)15-21(14-19)18-29/h2-8,19-21H,9-18H2,1H3,(H,30,32). The lowest BCUT2D eigenvalue weighted by molar-refractivity contribution is -0.00584. The number of benzene rings is 2. The highest BCUT2D eigenvalue weighted by atomic mass is 16.5. The summed E-state index contributed by atoms with van der Waals surface area (Å²) in [7, 11) is 1.70. The summed E-state index contributed by atoms with van der Waals surface area (Å²) in [6, 6.07) is 13.0. The minimum Gasteiger partial charge on any atom is -0.496 e. The van der Waals surface area contributed by atoms with Gasteiger partial charge in [0, 0.05) is 29.6 Å². The molecule has 5 fully saturated rings. The SMILES string of the molecule is COc1ccc(C(=O)N2CCOCC2)c(NC(=O)c2ccccc2)c1C12CC3CC(CC(C3)C1)C2. The molecule has 0 atom stereocenters. The number of amides is 2. The van der Waals surface area contributed by atoms with Gasteiger partial charge in [0.1, 0.15) is 5.75 Å². The average Bonchev–Trinajstić information content (AvgIpc) is 2.88. The van der Waals surface area contributed by atoms with E-state index in [9.17, 15) is 9.59 Å². The molecule has 6 nitrogen and oxygen atoms in total. The van der Waals surface area contributed by atoms with E-state index >= 15 is 0 Å². The molecule has 1 saturated heterocycles. The van der Waals surface area contributed by atoms with E-state index in [4.69, 9.17) is 9.47 Å². The molecule has 0 unspecified atom stereocenters. The fourth-order valence-corrected chi connectivity index (χ4v) is 7.72. The van der Waals surface area contributed by atoms with E-state index in [0.29, 0.717) is 43.1 Å². The van der Waals surface area contributed by atoms with Crippen LogP contribution < -0.4 is 10.1 Å². The largest absolute Gasteiger partial charge is 0.496 e. The van der Waals surface area contributed by atoms with Crippen LogP contribution in [0, 0.1) is 17.8 Å². The van der Waals surface area contributed by atoms with E-state index in [1.807, 2.05) is 47.4 Å². The van der Waals surface area contributed by atoms with Crippen LogP contribution in [-0.2, 0) is 10.2 Å². The highest BCUT2D eigenvalue weighted by molar-refractivity contribution is 6.10. The van der Waals surface area contributed by atoms with Gasteiger partial charge in [0.05, 0.1) is 31.6 Å². The fraction of sp³-hybridized carbons (Fsp3) is 0.517. The molecule has 0 radical (unpaired) electrons. The lowest BCUT2D eigenvalue weighted by Crippen LogP contribution is -2.49. The van der Waals surface area contributed by atoms with E-state index < -0.39 is 0 Å². The zero-order valence-corrected chi connectivity index (χ0v) is 20.4. The Bertz CT molecular complexity index is 1090. The van der Waals surface area contributed by atoms with Gasteiger partial charge in [-0.2, -0.15) is 0 Å². The van der Waals surface area contributed by atoms with E-state index in [1.54, 1.807) is 7.11 Å². The first kappa shape index (κ1) is 22.6. The molecule has 2 aromatic carbocycles. The lowest BCUT2D eigenvalue weighted by Gasteiger charge is -2.57. The number of anilines is 1. The molecule has 1 heterocycles. The molecule has 2 amide bonds. The summed E-state index contributed by atoms with van der Waals surface area (Å²) in [5.74, 6) is 2.71. The Morgan fingerprint density at radius 1 is 0.943 bits per heavy atom. The number of nitrogens with zero attached hydrogens (tertiary/aromatic N) is 1. The summed E-state index contributed by atoms with van der Waals surface area (Å²) in [5, 5.41) is 3.22. The van der Waals surface area contributed by atoms with Gasteiger partial charge in [-0.3, -0.25) is 9.59 Å². The van der Waals surface area contributed by atoms with E-state index in [0.717, 1.165) is 48.3 Å². The van der Waals surface area contributed by atoms with Crippen molar-refractivity contribution in [2.75, 3.05) is 38.7 Å². The number of carbonyl (C=O) groups excluding carboxylic acids is 2. The first-order valence-electron chi connectivity index (χ1n) is 13.0. The predicted octanol–water partition coefficient (Wildman–Crippen LogP) is 4.89. The number of ether oxygens (including phenoxy) is 2. The fourth-order valence-electron chi connectivity index (χ4n) is 7.72. The molecule has 4 bridgehead atoms. The summed E-state index contributed by atoms with van der Waals surface area (Å²) < 4.78 is 11.4. The van der Waals surface area contributed by atoms with Gasteiger partial charge in [0.25, 0.3) is 11.8 Å². The zero-order chi connectivity index (χ0) is 24.0. The van der Waals surface area contributed by atoms with Gasteiger partial charge >= 0.3 is 0 Å². The van der Waals surface area contributed by atoms with Gasteiger partial charge in [-0.15, -0.1) is 0 Å². The van der Waals surface area contributed by atoms with Crippen molar-refractivity contribution in [1.82, 2.24) is 4.90 Å². The number of morpholine rings is 1. The Morgan fingerprint density at radius 3 is 2.17 bits per heavy atom. The second-order valence-electron chi connectivity index (χ2n) is 11.0. The summed E-state index contributed by atoms with van der Waals surface area (Å²) in [4.78, 5) is 29.1. The number of methoxy groups -OCH3 is 1. The van der Waals surface area contributed by atoms with Crippen LogP contribution in [0.4, 0.5) is 5.69 Å². The number of rotatable bonds is 5. The molecule has 2 aromatic rings. The van der Waals surface area contributed by atoms with Crippen LogP contribution in [-0.4, -0.2) is 50.1 Å². The van der Waals surface area contributed by atoms with Crippen LogP contribution in [0.2, 0.25) is 0 Å². The minimum absolute atomic E-state index is 0.0507. The summed E-state index contributed by atoms with van der Waals surface area (Å²) in [6.07, 6.45) is 7.29. The maximum Gasteiger partial charge on any atom is 0.256 e. The molecule has 1 aliphatic heterocycles. The first-order valence-corrected chi connectivity index (χ1v) is 13.0. The Morgan fingerprint density at radius 2 is 1.57 bits per heavy atom. The monoisotopic (exact) mass is 474 g/mol. The van der Waals surface area contributed by atoms with Crippen molar-refractivity contribution in [3.05, 3.63) is 59.2 Å². The van der Waals surface area contributed by atoms with Crippen LogP contribution in [0.1, 0.15) is 64.8 Å². The third-order valence-electron chi connectivity index (χ3n) is 8.76. The Labute approximate surface area is 207 Å². The minimum atomic E-state index is -0.194. The van der Waals surface area contributed by atoms with Crippen molar-refractivity contribution < 1.29 is 19.1 Å². The molecule has 7 rings (SSSR count). The van der Waals surface area contributed by atoms with Gasteiger partial charge in [-0.05, 0) is 80.5 Å². The third-order valence-corrected chi connectivity index (χ3v) is 8.76. The number of carbonyl (C=O) groups is 2. The normalized spacial score (nSPS) is 29.2. The second-order valence-corrected chi connectivity index (χ2v) is 11.0. The molecule has 6 heteroatoms. The molecule has 0 aromatic heterocycles. The van der Waals surface area contributed by atoms with Crippen LogP contribution in [0.5, 0.6) is 5.75 Å². The molecule has 4 aliphatic carbocycles. The van der Waals surface area contributed by atoms with Gasteiger partial charge in [0.15, 0.2) is 0 Å². The summed E-state index contributed by atoms with van der Waals surface area (Å²) in [6.45, 7) is 2.19. The van der Waals surface area contributed by atoms with Crippen molar-refractivity contribution >= 4 is 17.5 Å². The van der Waals surface area contributed by atoms with Crippen LogP contribution in [0.25, 0.3) is 0 Å². The maximum absolute atomic E-state index is 13.8. The Balaban J connectivity index is 1.48. The van der Waals surface area contributed by atoms with E-state index in [2.05, 4.69) is 5.32 Å². The maximum atomic E-state index is 13.8. The molecule has 35 heavy (non-hydrogen) atoms. The van der Waals surface area contributed by atoms with Crippen molar-refractivity contribution in [2.45, 2.75) is 43.9 Å². The average molecular weight is 475 g/mol. The van der Waals surface area contributed by atoms with Gasteiger partial charge in [0.2, 0.25) is 0 Å². The molecule has 1 N–H and O–H groups in total. The lowest BCUT2D eigenvalue weighted by atomic mass is 9.47. The van der Waals surface area contributed by atoms with Gasteiger partial charge in [-0.1, -0.05) is 18.2 Å². The van der Waals surface area contributed by atoms with Gasteiger partial charge in [-0.25, -0.2) is 0 Å². The first-order chi connectivity index (χ1) is 17.1. The van der Waals surface area contributed by atoms with Crippen molar-refractivity contribution in [3.63, 3.8) is 0 Å². The van der Waals surface area contributed by atoms with E-state index in [1.165, 1.54) is 19.3 Å². The van der Waals surface area contributed by atoms with Crippen LogP contribution in [0.15, 0.2) is 42.5 Å². The van der Waals surface area contributed by atoms with Crippen LogP contribution >= 0.6 is 0 Å². The molecule has 0 spiro atoms. The quantitative estimate of drug-likeness (QED) is 0.670. The zero-order valence-electron chi connectivity index (χ0n) is 20.4. The smallest absolute Gasteiger partial charge is 0.256 e. The highest BCUT2D eigenvalue weighted by Crippen LogP contribution is 2.63. The van der Waals surface area contributed by atoms with Crippen molar-refractivity contribution in [2.24, 2.45) is 17.8 Å². The van der Waals surface area contributed by atoms with Gasteiger partial charge < -0.3 is 19.7 Å². The molecular weight excluding hydrogens is 440 g/mol. The van der Waals surface area contributed by atoms with Crippen molar-refractivity contribution in [3.8, 4) is 5.75 Å². The second kappa shape index (κ2) is 8.98. The van der Waals surface area contributed by atoms with Crippen molar-refractivity contribution in [1.29, 1.82) is 0 Å². The van der Waals surface area contributed by atoms with Crippen LogP contribution in [0.3, 0.4) is 0 Å². The molecular formula is C29H34N2O4. The predicted molar refractivity (Wildman–Crippen MR) is 134 cm³/mol. The number of nitrogens with one attached hydrogen (secondary N) is 1. The Kier molecular flexibility index (Phi) is 5.79. The van der Waals surface area contributed by atoms with E-state index in [-0.39, 0.29) is 17.2 Å². The number of hydrogen-bond donors (Lipinski definition) is 1. The molecule has 184 valence electrons. The number of hydrogen-bond acceptors (Lipinski definition) is 4. The highest BCUT2D eigenvalue weighted by Gasteiger charge is 2.53. The summed E-state index contributed by atoms with van der Waals surface area (Å²) >= 11 is 0. The summed E-state index contributed by atoms with van der Waals surface area (Å²) in [5.41, 5.74) is 2.78. The molecule has 4 saturated carbocycles. The third kappa shape index (κ3) is 4.02. The topological polar surface area (TPSA) is 67.9 Å².